The highest BCUT2D eigenvalue weighted by Gasteiger charge is 2.16. The van der Waals surface area contributed by atoms with Crippen molar-refractivity contribution in [2.75, 3.05) is 0 Å². The molecule has 0 fully saturated rings. The first-order valence-electron chi connectivity index (χ1n) is 6.79. The molecule has 0 aliphatic heterocycles. The highest BCUT2D eigenvalue weighted by molar-refractivity contribution is 9.10. The lowest BCUT2D eigenvalue weighted by Crippen LogP contribution is -2.28. The number of nitrogens with zero attached hydrogens (tertiary/aromatic N) is 2. The van der Waals surface area contributed by atoms with Crippen molar-refractivity contribution in [2.24, 2.45) is 5.92 Å². The van der Waals surface area contributed by atoms with Crippen LogP contribution in [-0.2, 0) is 13.2 Å². The molecule has 4 nitrogen and oxygen atoms in total. The van der Waals surface area contributed by atoms with E-state index in [1.165, 1.54) is 10.9 Å². The van der Waals surface area contributed by atoms with E-state index in [4.69, 9.17) is 39.5 Å². The largest absolute Gasteiger partial charge is 0.486 e. The summed E-state index contributed by atoms with van der Waals surface area (Å²) in [4.78, 5) is 11.7. The van der Waals surface area contributed by atoms with Crippen molar-refractivity contribution >= 4 is 50.7 Å². The van der Waals surface area contributed by atoms with Gasteiger partial charge in [-0.25, -0.2) is 4.68 Å². The van der Waals surface area contributed by atoms with E-state index in [2.05, 4.69) is 21.0 Å². The number of hydrogen-bond acceptors (Lipinski definition) is 3. The molecule has 1 unspecified atom stereocenters. The summed E-state index contributed by atoms with van der Waals surface area (Å²) in [5.74, 6) is 0.276. The third kappa shape index (κ3) is 5.11. The van der Waals surface area contributed by atoms with Gasteiger partial charge in [-0.3, -0.25) is 4.79 Å². The maximum atomic E-state index is 12.3. The van der Waals surface area contributed by atoms with Gasteiger partial charge < -0.3 is 4.74 Å². The summed E-state index contributed by atoms with van der Waals surface area (Å²) < 4.78 is 7.25. The Kier molecular flexibility index (Phi) is 6.77. The topological polar surface area (TPSA) is 44.1 Å². The fourth-order valence-electron chi connectivity index (χ4n) is 1.77. The number of alkyl halides is 2. The minimum atomic E-state index is -0.566. The second-order valence-electron chi connectivity index (χ2n) is 5.04. The van der Waals surface area contributed by atoms with Crippen LogP contribution < -0.4 is 10.3 Å². The van der Waals surface area contributed by atoms with E-state index in [0.29, 0.717) is 28.4 Å². The molecule has 0 saturated heterocycles. The Morgan fingerprint density at radius 2 is 1.96 bits per heavy atom. The van der Waals surface area contributed by atoms with Gasteiger partial charge in [0.15, 0.2) is 5.75 Å². The third-order valence-electron chi connectivity index (χ3n) is 3.15. The smallest absolute Gasteiger partial charge is 0.284 e. The van der Waals surface area contributed by atoms with Gasteiger partial charge in [-0.2, -0.15) is 5.10 Å². The van der Waals surface area contributed by atoms with Crippen molar-refractivity contribution in [3.63, 3.8) is 0 Å². The normalized spacial score (nSPS) is 12.4. The van der Waals surface area contributed by atoms with Crippen LogP contribution in [0, 0.1) is 5.92 Å². The van der Waals surface area contributed by atoms with Gasteiger partial charge in [0.2, 0.25) is 0 Å². The molecule has 8 heteroatoms. The predicted octanol–water partition coefficient (Wildman–Crippen LogP) is 4.68. The second kappa shape index (κ2) is 8.38. The fourth-order valence-corrected chi connectivity index (χ4v) is 2.48. The molecule has 2 aromatic rings. The summed E-state index contributed by atoms with van der Waals surface area (Å²) in [5, 5.41) is 4.76. The van der Waals surface area contributed by atoms with E-state index >= 15 is 0 Å². The van der Waals surface area contributed by atoms with Crippen LogP contribution in [0.1, 0.15) is 12.5 Å². The van der Waals surface area contributed by atoms with Crippen molar-refractivity contribution < 1.29 is 4.74 Å². The number of aromatic nitrogens is 2. The van der Waals surface area contributed by atoms with E-state index in [0.717, 1.165) is 5.56 Å². The molecule has 0 saturated carbocycles. The molecule has 2 rings (SSSR count). The van der Waals surface area contributed by atoms with Gasteiger partial charge in [0, 0.05) is 10.9 Å². The molecule has 0 bridgehead atoms. The molecular formula is C15H14BrCl3N2O2. The molecule has 0 N–H and O–H groups in total. The van der Waals surface area contributed by atoms with Crippen LogP contribution >= 0.6 is 50.7 Å². The summed E-state index contributed by atoms with van der Waals surface area (Å²) in [6.07, 6.45) is 1.49. The first-order valence-corrected chi connectivity index (χ1v) is 8.84. The van der Waals surface area contributed by atoms with Crippen LogP contribution in [0.25, 0.3) is 0 Å². The van der Waals surface area contributed by atoms with Gasteiger partial charge in [-0.1, -0.05) is 30.7 Å². The number of benzene rings is 1. The fraction of sp³-hybridized carbons (Fsp3) is 0.333. The van der Waals surface area contributed by atoms with Crippen molar-refractivity contribution in [1.29, 1.82) is 0 Å². The summed E-state index contributed by atoms with van der Waals surface area (Å²) in [5.41, 5.74) is 0.644. The molecule has 1 aromatic carbocycles. The van der Waals surface area contributed by atoms with Crippen molar-refractivity contribution in [3.05, 3.63) is 55.9 Å². The molecule has 1 atom stereocenters. The van der Waals surface area contributed by atoms with Crippen molar-refractivity contribution in [2.45, 2.75) is 24.9 Å². The van der Waals surface area contributed by atoms with Gasteiger partial charge >= 0.3 is 0 Å². The Morgan fingerprint density at radius 1 is 1.30 bits per heavy atom. The average molecular weight is 441 g/mol. The highest BCUT2D eigenvalue weighted by Crippen LogP contribution is 2.22. The number of rotatable bonds is 6. The minimum Gasteiger partial charge on any atom is -0.486 e. The van der Waals surface area contributed by atoms with Crippen LogP contribution in [0.5, 0.6) is 5.75 Å². The zero-order valence-corrected chi connectivity index (χ0v) is 16.0. The Labute approximate surface area is 157 Å². The van der Waals surface area contributed by atoms with Crippen LogP contribution in [0.3, 0.4) is 0 Å². The lowest BCUT2D eigenvalue weighted by atomic mass is 10.2. The lowest BCUT2D eigenvalue weighted by Gasteiger charge is -2.14. The van der Waals surface area contributed by atoms with Gasteiger partial charge in [-0.15, -0.1) is 23.2 Å². The molecule has 1 heterocycles. The number of ether oxygens (including phenoxy) is 1. The third-order valence-corrected chi connectivity index (χ3v) is 4.99. The zero-order chi connectivity index (χ0) is 17.0. The Bertz CT molecular complexity index is 720. The average Bonchev–Trinajstić information content (AvgIpc) is 2.52. The molecule has 0 spiro atoms. The summed E-state index contributed by atoms with van der Waals surface area (Å²) in [6.45, 7) is 2.48. The van der Waals surface area contributed by atoms with Gasteiger partial charge in [0.25, 0.3) is 5.56 Å². The predicted molar refractivity (Wildman–Crippen MR) is 96.6 cm³/mol. The van der Waals surface area contributed by atoms with Crippen molar-refractivity contribution in [1.82, 2.24) is 9.78 Å². The SMILES string of the molecule is CC(Cn1ncc(OCc2ccc(Cl)cc2)c(Br)c1=O)C(Cl)Cl. The zero-order valence-electron chi connectivity index (χ0n) is 12.2. The Balaban J connectivity index is 2.10. The van der Waals surface area contributed by atoms with Crippen LogP contribution in [0.4, 0.5) is 0 Å². The molecular weight excluding hydrogens is 426 g/mol. The molecule has 124 valence electrons. The van der Waals surface area contributed by atoms with E-state index in [1.54, 1.807) is 12.1 Å². The maximum Gasteiger partial charge on any atom is 0.284 e. The van der Waals surface area contributed by atoms with E-state index in [9.17, 15) is 4.79 Å². The minimum absolute atomic E-state index is 0.101. The van der Waals surface area contributed by atoms with Crippen LogP contribution in [0.2, 0.25) is 5.02 Å². The van der Waals surface area contributed by atoms with E-state index in [1.807, 2.05) is 19.1 Å². The quantitative estimate of drug-likeness (QED) is 0.613. The monoisotopic (exact) mass is 438 g/mol. The van der Waals surface area contributed by atoms with Crippen molar-refractivity contribution in [3.8, 4) is 5.75 Å². The van der Waals surface area contributed by atoms with E-state index in [-0.39, 0.29) is 11.5 Å². The number of hydrogen-bond donors (Lipinski definition) is 0. The highest BCUT2D eigenvalue weighted by atomic mass is 79.9. The first kappa shape index (κ1) is 18.6. The molecule has 0 aliphatic carbocycles. The molecule has 0 aliphatic rings. The molecule has 0 radical (unpaired) electrons. The summed E-state index contributed by atoms with van der Waals surface area (Å²) >= 11 is 20.7. The maximum absolute atomic E-state index is 12.3. The van der Waals surface area contributed by atoms with Gasteiger partial charge in [0.1, 0.15) is 15.9 Å². The van der Waals surface area contributed by atoms with Gasteiger partial charge in [0.05, 0.1) is 12.7 Å². The summed E-state index contributed by atoms with van der Waals surface area (Å²) in [6, 6.07) is 7.27. The van der Waals surface area contributed by atoms with Gasteiger partial charge in [-0.05, 0) is 33.6 Å². The lowest BCUT2D eigenvalue weighted by molar-refractivity contribution is 0.298. The molecule has 1 aromatic heterocycles. The van der Waals surface area contributed by atoms with Crippen LogP contribution in [0.15, 0.2) is 39.7 Å². The molecule has 23 heavy (non-hydrogen) atoms. The Morgan fingerprint density at radius 3 is 2.57 bits per heavy atom. The number of halogens is 4. The Hall–Kier alpha value is -0.750. The first-order chi connectivity index (χ1) is 10.9. The molecule has 0 amide bonds. The second-order valence-corrected chi connectivity index (χ2v) is 7.43. The van der Waals surface area contributed by atoms with E-state index < -0.39 is 4.84 Å². The standard InChI is InChI=1S/C15H14BrCl3N2O2/c1-9(14(18)19)7-21-15(22)13(16)12(6-20-21)23-8-10-2-4-11(17)5-3-10/h2-6,9,14H,7-8H2,1H3. The van der Waals surface area contributed by atoms with Crippen LogP contribution in [-0.4, -0.2) is 14.6 Å². The summed E-state index contributed by atoms with van der Waals surface area (Å²) in [7, 11) is 0.